The first-order valence-electron chi connectivity index (χ1n) is 5.26. The number of rotatable bonds is 5. The second-order valence-electron chi connectivity index (χ2n) is 3.77. The predicted octanol–water partition coefficient (Wildman–Crippen LogP) is 0.179. The lowest BCUT2D eigenvalue weighted by Crippen LogP contribution is -2.45. The lowest BCUT2D eigenvalue weighted by atomic mass is 10.1. The van der Waals surface area contributed by atoms with Gasteiger partial charge in [-0.05, 0) is 12.5 Å². The molecule has 17 heavy (non-hydrogen) atoms. The van der Waals surface area contributed by atoms with Gasteiger partial charge in [0.2, 0.25) is 5.91 Å². The Kier molecular flexibility index (Phi) is 4.66. The van der Waals surface area contributed by atoms with Crippen LogP contribution >= 0.6 is 0 Å². The van der Waals surface area contributed by atoms with Crippen molar-refractivity contribution in [2.45, 2.75) is 25.5 Å². The Morgan fingerprint density at radius 3 is 2.35 bits per heavy atom. The lowest BCUT2D eigenvalue weighted by molar-refractivity contribution is -0.143. The second kappa shape index (κ2) is 6.00. The highest BCUT2D eigenvalue weighted by Gasteiger charge is 2.22. The highest BCUT2D eigenvalue weighted by molar-refractivity contribution is 5.86. The number of aliphatic hydroxyl groups excluding tert-OH is 1. The lowest BCUT2D eigenvalue weighted by Gasteiger charge is -2.15. The summed E-state index contributed by atoms with van der Waals surface area (Å²) in [6.45, 7) is 1.29. The van der Waals surface area contributed by atoms with Gasteiger partial charge in [-0.1, -0.05) is 30.3 Å². The summed E-state index contributed by atoms with van der Waals surface area (Å²) in [5, 5.41) is 20.3. The molecule has 0 heterocycles. The largest absolute Gasteiger partial charge is 0.480 e. The minimum absolute atomic E-state index is 0.189. The van der Waals surface area contributed by atoms with Crippen LogP contribution in [0.5, 0.6) is 0 Å². The number of carbonyl (C=O) groups is 2. The first kappa shape index (κ1) is 13.2. The van der Waals surface area contributed by atoms with Gasteiger partial charge in [0, 0.05) is 6.42 Å². The molecule has 0 unspecified atom stereocenters. The average molecular weight is 237 g/mol. The van der Waals surface area contributed by atoms with Crippen LogP contribution in [-0.4, -0.2) is 34.2 Å². The van der Waals surface area contributed by atoms with Gasteiger partial charge < -0.3 is 15.5 Å². The average Bonchev–Trinajstić information content (AvgIpc) is 2.29. The van der Waals surface area contributed by atoms with E-state index in [-0.39, 0.29) is 6.42 Å². The van der Waals surface area contributed by atoms with Crippen molar-refractivity contribution in [3.63, 3.8) is 0 Å². The van der Waals surface area contributed by atoms with Crippen LogP contribution in [0.1, 0.15) is 12.5 Å². The van der Waals surface area contributed by atoms with E-state index in [9.17, 15) is 9.59 Å². The van der Waals surface area contributed by atoms with E-state index in [1.165, 1.54) is 6.92 Å². The fourth-order valence-electron chi connectivity index (χ4n) is 1.34. The third-order valence-corrected chi connectivity index (χ3v) is 2.28. The maximum Gasteiger partial charge on any atom is 0.326 e. The van der Waals surface area contributed by atoms with E-state index in [2.05, 4.69) is 5.32 Å². The smallest absolute Gasteiger partial charge is 0.326 e. The highest BCUT2D eigenvalue weighted by atomic mass is 16.4. The van der Waals surface area contributed by atoms with Crippen LogP contribution < -0.4 is 5.32 Å². The molecule has 0 saturated carbocycles. The third-order valence-electron chi connectivity index (χ3n) is 2.28. The van der Waals surface area contributed by atoms with Crippen LogP contribution in [0.25, 0.3) is 0 Å². The molecular formula is C12H15NO4. The van der Waals surface area contributed by atoms with Crippen LogP contribution in [0, 0.1) is 0 Å². The summed E-state index contributed by atoms with van der Waals surface area (Å²) in [5.41, 5.74) is 0.811. The number of amides is 1. The number of aliphatic carboxylic acids is 1. The summed E-state index contributed by atoms with van der Waals surface area (Å²) in [6, 6.07) is 7.96. The fourth-order valence-corrected chi connectivity index (χ4v) is 1.34. The topological polar surface area (TPSA) is 86.6 Å². The van der Waals surface area contributed by atoms with Gasteiger partial charge in [-0.25, -0.2) is 4.79 Å². The molecule has 0 saturated heterocycles. The molecule has 0 aliphatic heterocycles. The van der Waals surface area contributed by atoms with E-state index in [0.717, 1.165) is 5.56 Å². The molecule has 5 nitrogen and oxygen atoms in total. The number of aliphatic hydroxyl groups is 1. The fraction of sp³-hybridized carbons (Fsp3) is 0.333. The predicted molar refractivity (Wildman–Crippen MR) is 61.4 cm³/mol. The molecule has 0 radical (unpaired) electrons. The summed E-state index contributed by atoms with van der Waals surface area (Å²) in [5.74, 6) is -1.81. The Morgan fingerprint density at radius 1 is 1.29 bits per heavy atom. The number of nitrogens with one attached hydrogen (secondary N) is 1. The maximum absolute atomic E-state index is 11.2. The SMILES string of the molecule is C[C@@H](O)C(=O)N[C@@H](Cc1ccccc1)C(=O)O. The van der Waals surface area contributed by atoms with Crippen molar-refractivity contribution in [2.24, 2.45) is 0 Å². The number of hydrogen-bond acceptors (Lipinski definition) is 3. The van der Waals surface area contributed by atoms with E-state index in [4.69, 9.17) is 10.2 Å². The molecule has 92 valence electrons. The van der Waals surface area contributed by atoms with Gasteiger partial charge >= 0.3 is 5.97 Å². The maximum atomic E-state index is 11.2. The van der Waals surface area contributed by atoms with Gasteiger partial charge in [0.05, 0.1) is 0 Å². The highest BCUT2D eigenvalue weighted by Crippen LogP contribution is 2.03. The van der Waals surface area contributed by atoms with Crippen molar-refractivity contribution in [1.29, 1.82) is 0 Å². The molecule has 1 amide bonds. The molecule has 1 aromatic rings. The van der Waals surface area contributed by atoms with Crippen LogP contribution in [0.2, 0.25) is 0 Å². The summed E-state index contributed by atoms with van der Waals surface area (Å²) < 4.78 is 0. The molecule has 0 aromatic heterocycles. The van der Waals surface area contributed by atoms with Crippen molar-refractivity contribution in [3.8, 4) is 0 Å². The molecule has 0 aliphatic rings. The molecule has 5 heteroatoms. The Bertz CT molecular complexity index is 389. The summed E-state index contributed by atoms with van der Waals surface area (Å²) in [4.78, 5) is 22.2. The zero-order valence-corrected chi connectivity index (χ0v) is 9.46. The van der Waals surface area contributed by atoms with E-state index in [1.807, 2.05) is 6.07 Å². The van der Waals surface area contributed by atoms with Gasteiger partial charge in [0.15, 0.2) is 0 Å². The van der Waals surface area contributed by atoms with Crippen LogP contribution in [0.15, 0.2) is 30.3 Å². The summed E-state index contributed by atoms with van der Waals surface area (Å²) in [6.07, 6.45) is -1.03. The number of carboxylic acids is 1. The van der Waals surface area contributed by atoms with Crippen molar-refractivity contribution in [2.75, 3.05) is 0 Å². The van der Waals surface area contributed by atoms with Gasteiger partial charge in [-0.2, -0.15) is 0 Å². The minimum Gasteiger partial charge on any atom is -0.480 e. The first-order chi connectivity index (χ1) is 8.00. The molecule has 0 bridgehead atoms. The van der Waals surface area contributed by atoms with E-state index in [0.29, 0.717) is 0 Å². The molecule has 2 atom stereocenters. The summed E-state index contributed by atoms with van der Waals surface area (Å²) in [7, 11) is 0. The van der Waals surface area contributed by atoms with Gasteiger partial charge in [0.1, 0.15) is 12.1 Å². The zero-order valence-electron chi connectivity index (χ0n) is 9.46. The Balaban J connectivity index is 2.68. The van der Waals surface area contributed by atoms with Gasteiger partial charge in [0.25, 0.3) is 0 Å². The zero-order chi connectivity index (χ0) is 12.8. The van der Waals surface area contributed by atoms with Crippen molar-refractivity contribution >= 4 is 11.9 Å². The second-order valence-corrected chi connectivity index (χ2v) is 3.77. The van der Waals surface area contributed by atoms with Crippen LogP contribution in [0.4, 0.5) is 0 Å². The van der Waals surface area contributed by atoms with Gasteiger partial charge in [-0.3, -0.25) is 4.79 Å². The molecule has 1 aromatic carbocycles. The molecular weight excluding hydrogens is 222 g/mol. The monoisotopic (exact) mass is 237 g/mol. The third kappa shape index (κ3) is 4.24. The quantitative estimate of drug-likeness (QED) is 0.681. The van der Waals surface area contributed by atoms with Crippen molar-refractivity contribution in [1.82, 2.24) is 5.32 Å². The normalized spacial score (nSPS) is 13.8. The van der Waals surface area contributed by atoms with E-state index < -0.39 is 24.0 Å². The number of benzene rings is 1. The van der Waals surface area contributed by atoms with Crippen molar-refractivity contribution < 1.29 is 19.8 Å². The van der Waals surface area contributed by atoms with Crippen LogP contribution in [0.3, 0.4) is 0 Å². The van der Waals surface area contributed by atoms with Crippen LogP contribution in [-0.2, 0) is 16.0 Å². The first-order valence-corrected chi connectivity index (χ1v) is 5.26. The number of hydrogen-bond donors (Lipinski definition) is 3. The van der Waals surface area contributed by atoms with E-state index in [1.54, 1.807) is 24.3 Å². The standard InChI is InChI=1S/C12H15NO4/c1-8(14)11(15)13-10(12(16)17)7-9-5-3-2-4-6-9/h2-6,8,10,14H,7H2,1H3,(H,13,15)(H,16,17)/t8-,10+/m1/s1. The molecule has 1 rings (SSSR count). The minimum atomic E-state index is -1.22. The molecule has 0 aliphatic carbocycles. The molecule has 0 fully saturated rings. The number of carboxylic acid groups (broad SMARTS) is 1. The number of carbonyl (C=O) groups excluding carboxylic acids is 1. The van der Waals surface area contributed by atoms with E-state index >= 15 is 0 Å². The van der Waals surface area contributed by atoms with Gasteiger partial charge in [-0.15, -0.1) is 0 Å². The Hall–Kier alpha value is -1.88. The van der Waals surface area contributed by atoms with Crippen molar-refractivity contribution in [3.05, 3.63) is 35.9 Å². The Morgan fingerprint density at radius 2 is 1.88 bits per heavy atom. The molecule has 3 N–H and O–H groups in total. The molecule has 0 spiro atoms. The Labute approximate surface area is 99.1 Å². The summed E-state index contributed by atoms with van der Waals surface area (Å²) >= 11 is 0.